The summed E-state index contributed by atoms with van der Waals surface area (Å²) in [5.41, 5.74) is 6.86. The molecule has 2 heterocycles. The van der Waals surface area contributed by atoms with E-state index in [0.717, 1.165) is 21.0 Å². The van der Waals surface area contributed by atoms with Crippen molar-refractivity contribution in [1.29, 1.82) is 0 Å². The van der Waals surface area contributed by atoms with Gasteiger partial charge in [-0.2, -0.15) is 0 Å². The topological polar surface area (TPSA) is 66.6 Å². The Kier molecular flexibility index (Phi) is 3.31. The molecule has 0 radical (unpaired) electrons. The first-order chi connectivity index (χ1) is 11.5. The van der Waals surface area contributed by atoms with E-state index in [4.69, 9.17) is 5.73 Å². The average molecular weight is 339 g/mol. The molecule has 1 saturated heterocycles. The molecule has 0 saturated carbocycles. The van der Waals surface area contributed by atoms with Gasteiger partial charge >= 0.3 is 12.1 Å². The summed E-state index contributed by atoms with van der Waals surface area (Å²) in [5.74, 6) is 0. The molecule has 4 amide bonds. The van der Waals surface area contributed by atoms with Gasteiger partial charge in [-0.1, -0.05) is 42.5 Å². The monoisotopic (exact) mass is 339 g/mol. The first-order valence-corrected chi connectivity index (χ1v) is 8.62. The smallest absolute Gasteiger partial charge is 0.333 e. The number of hydrogen-bond acceptors (Lipinski definition) is 3. The van der Waals surface area contributed by atoms with E-state index in [1.54, 1.807) is 16.7 Å². The molecule has 4 rings (SSSR count). The van der Waals surface area contributed by atoms with Crippen LogP contribution in [-0.2, 0) is 0 Å². The molecule has 2 aromatic rings. The van der Waals surface area contributed by atoms with Crippen LogP contribution in [0.15, 0.2) is 59.5 Å². The van der Waals surface area contributed by atoms with Crippen molar-refractivity contribution in [2.45, 2.75) is 22.6 Å². The lowest BCUT2D eigenvalue weighted by Crippen LogP contribution is -2.50. The maximum absolute atomic E-state index is 12.9. The number of nitrogens with two attached hydrogens (primary N) is 1. The van der Waals surface area contributed by atoms with E-state index in [9.17, 15) is 9.59 Å². The van der Waals surface area contributed by atoms with Crippen LogP contribution >= 0.6 is 11.8 Å². The number of thioether (sulfide) groups is 1. The third kappa shape index (κ3) is 2.03. The Morgan fingerprint density at radius 3 is 2.54 bits per heavy atom. The van der Waals surface area contributed by atoms with Gasteiger partial charge in [0.15, 0.2) is 0 Å². The Morgan fingerprint density at radius 2 is 1.83 bits per heavy atom. The molecular formula is C18H17N3O2S. The number of urea groups is 2. The number of rotatable bonds is 1. The molecule has 2 N–H and O–H groups in total. The van der Waals surface area contributed by atoms with Crippen molar-refractivity contribution in [2.24, 2.45) is 5.73 Å². The predicted molar refractivity (Wildman–Crippen MR) is 94.1 cm³/mol. The summed E-state index contributed by atoms with van der Waals surface area (Å²) in [6.07, 6.45) is 0. The van der Waals surface area contributed by atoms with Crippen molar-refractivity contribution in [3.05, 3.63) is 60.2 Å². The highest BCUT2D eigenvalue weighted by Gasteiger charge is 2.56. The summed E-state index contributed by atoms with van der Waals surface area (Å²) in [6.45, 7) is 2.30. The van der Waals surface area contributed by atoms with Crippen molar-refractivity contribution < 1.29 is 9.59 Å². The summed E-state index contributed by atoms with van der Waals surface area (Å²) < 4.78 is 0. The second kappa shape index (κ2) is 5.27. The van der Waals surface area contributed by atoms with Crippen LogP contribution in [0, 0.1) is 0 Å². The van der Waals surface area contributed by atoms with Crippen LogP contribution in [0.4, 0.5) is 15.3 Å². The van der Waals surface area contributed by atoms with Gasteiger partial charge in [0.25, 0.3) is 0 Å². The number of primary amides is 1. The average Bonchev–Trinajstić information content (AvgIpc) is 2.87. The molecular weight excluding hydrogens is 322 g/mol. The van der Waals surface area contributed by atoms with Gasteiger partial charge in [0.05, 0.1) is 23.0 Å². The number of imide groups is 1. The number of anilines is 1. The number of fused-ring (bicyclic) bond motifs is 3. The minimum absolute atomic E-state index is 0.0156. The molecule has 2 aliphatic rings. The fraction of sp³-hybridized carbons (Fsp3) is 0.222. The van der Waals surface area contributed by atoms with Crippen molar-refractivity contribution in [3.63, 3.8) is 0 Å². The molecule has 5 nitrogen and oxygen atoms in total. The molecule has 1 fully saturated rings. The van der Waals surface area contributed by atoms with Crippen LogP contribution in [0.25, 0.3) is 0 Å². The number of benzene rings is 2. The zero-order valence-electron chi connectivity index (χ0n) is 13.2. The first-order valence-electron chi connectivity index (χ1n) is 7.74. The zero-order chi connectivity index (χ0) is 16.9. The van der Waals surface area contributed by atoms with Gasteiger partial charge in [-0.25, -0.2) is 14.5 Å². The Hall–Kier alpha value is -2.47. The van der Waals surface area contributed by atoms with Crippen molar-refractivity contribution in [2.75, 3.05) is 11.4 Å². The van der Waals surface area contributed by atoms with Crippen molar-refractivity contribution in [3.8, 4) is 0 Å². The van der Waals surface area contributed by atoms with Crippen LogP contribution < -0.4 is 10.6 Å². The van der Waals surface area contributed by atoms with Gasteiger partial charge < -0.3 is 5.73 Å². The number of nitrogens with zero attached hydrogens (tertiary/aromatic N) is 2. The van der Waals surface area contributed by atoms with E-state index in [-0.39, 0.29) is 17.8 Å². The predicted octanol–water partition coefficient (Wildman–Crippen LogP) is 3.61. The van der Waals surface area contributed by atoms with Crippen LogP contribution in [-0.4, -0.2) is 29.0 Å². The molecule has 2 unspecified atom stereocenters. The van der Waals surface area contributed by atoms with Crippen molar-refractivity contribution in [1.82, 2.24) is 4.90 Å². The first kappa shape index (κ1) is 15.1. The lowest BCUT2D eigenvalue weighted by atomic mass is 9.90. The third-order valence-electron chi connectivity index (χ3n) is 4.70. The SMILES string of the molecule is CC12CN(C(N)=O)C(=O)N1c1ccccc1SC2c1ccccc1. The van der Waals surface area contributed by atoms with Gasteiger partial charge in [0.2, 0.25) is 0 Å². The minimum atomic E-state index is -0.704. The van der Waals surface area contributed by atoms with E-state index < -0.39 is 11.6 Å². The highest BCUT2D eigenvalue weighted by atomic mass is 32.2. The standard InChI is InChI=1S/C18H17N3O2S/c1-18-11-20(16(19)22)17(23)21(18)13-9-5-6-10-14(13)24-15(18)12-7-3-2-4-8-12/h2-10,15H,11H2,1H3,(H2,19,22). The molecule has 24 heavy (non-hydrogen) atoms. The summed E-state index contributed by atoms with van der Waals surface area (Å²) >= 11 is 1.73. The Morgan fingerprint density at radius 1 is 1.17 bits per heavy atom. The molecule has 2 atom stereocenters. The number of hydrogen-bond donors (Lipinski definition) is 1. The van der Waals surface area contributed by atoms with Crippen LogP contribution in [0.1, 0.15) is 17.7 Å². The van der Waals surface area contributed by atoms with Gasteiger partial charge in [0, 0.05) is 4.90 Å². The molecule has 2 aromatic carbocycles. The molecule has 0 bridgehead atoms. The maximum Gasteiger partial charge on any atom is 0.333 e. The Labute approximate surface area is 144 Å². The Bertz CT molecular complexity index is 826. The molecule has 0 aliphatic carbocycles. The quantitative estimate of drug-likeness (QED) is 0.863. The van der Waals surface area contributed by atoms with Crippen LogP contribution in [0.2, 0.25) is 0 Å². The summed E-state index contributed by atoms with van der Waals surface area (Å²) in [4.78, 5) is 28.5. The number of carbonyl (C=O) groups excluding carboxylic acids is 2. The molecule has 0 aromatic heterocycles. The molecule has 122 valence electrons. The molecule has 2 aliphatic heterocycles. The van der Waals surface area contributed by atoms with E-state index >= 15 is 0 Å². The second-order valence-corrected chi connectivity index (χ2v) is 7.42. The fourth-order valence-electron chi connectivity index (χ4n) is 3.60. The largest absolute Gasteiger partial charge is 0.351 e. The maximum atomic E-state index is 12.9. The molecule has 0 spiro atoms. The van der Waals surface area contributed by atoms with Gasteiger partial charge in [-0.05, 0) is 24.6 Å². The second-order valence-electron chi connectivity index (χ2n) is 6.28. The Balaban J connectivity index is 1.90. The highest BCUT2D eigenvalue weighted by molar-refractivity contribution is 7.99. The van der Waals surface area contributed by atoms with E-state index in [1.165, 1.54) is 0 Å². The third-order valence-corrected chi connectivity index (χ3v) is 6.31. The lowest BCUT2D eigenvalue weighted by Gasteiger charge is -2.44. The summed E-state index contributed by atoms with van der Waals surface area (Å²) in [7, 11) is 0. The van der Waals surface area contributed by atoms with E-state index in [0.29, 0.717) is 0 Å². The van der Waals surface area contributed by atoms with E-state index in [2.05, 4.69) is 12.1 Å². The number of amides is 4. The summed E-state index contributed by atoms with van der Waals surface area (Å²) in [6, 6.07) is 16.8. The lowest BCUT2D eigenvalue weighted by molar-refractivity contribution is 0.205. The number of para-hydroxylation sites is 1. The van der Waals surface area contributed by atoms with Crippen LogP contribution in [0.3, 0.4) is 0 Å². The molecule has 6 heteroatoms. The fourth-order valence-corrected chi connectivity index (χ4v) is 5.02. The van der Waals surface area contributed by atoms with Gasteiger partial charge in [-0.15, -0.1) is 11.8 Å². The van der Waals surface area contributed by atoms with Gasteiger partial charge in [0.1, 0.15) is 0 Å². The zero-order valence-corrected chi connectivity index (χ0v) is 14.0. The highest BCUT2D eigenvalue weighted by Crippen LogP contribution is 2.56. The minimum Gasteiger partial charge on any atom is -0.351 e. The normalized spacial score (nSPS) is 25.4. The number of carbonyl (C=O) groups is 2. The van der Waals surface area contributed by atoms with E-state index in [1.807, 2.05) is 49.4 Å². The van der Waals surface area contributed by atoms with Crippen LogP contribution in [0.5, 0.6) is 0 Å². The van der Waals surface area contributed by atoms with Crippen molar-refractivity contribution >= 4 is 29.5 Å². The van der Waals surface area contributed by atoms with Gasteiger partial charge in [-0.3, -0.25) is 4.90 Å². The summed E-state index contributed by atoms with van der Waals surface area (Å²) in [5, 5.41) is 0.0156.